The van der Waals surface area contributed by atoms with Crippen LogP contribution in [-0.4, -0.2) is 61.7 Å². The molecule has 2 aliphatic rings. The zero-order chi connectivity index (χ0) is 12.6. The summed E-state index contributed by atoms with van der Waals surface area (Å²) in [5.74, 6) is 0. The van der Waals surface area contributed by atoms with Crippen molar-refractivity contribution in [2.45, 2.75) is 51.5 Å². The first-order valence-corrected chi connectivity index (χ1v) is 8.07. The molecule has 2 aliphatic heterocycles. The molecule has 1 N–H and O–H groups in total. The van der Waals surface area contributed by atoms with Crippen LogP contribution in [0.15, 0.2) is 0 Å². The second kappa shape index (κ2) is 8.13. The van der Waals surface area contributed by atoms with Crippen LogP contribution in [0, 0.1) is 0 Å². The van der Waals surface area contributed by atoms with Crippen molar-refractivity contribution in [1.29, 1.82) is 0 Å². The summed E-state index contributed by atoms with van der Waals surface area (Å²) >= 11 is 0. The molecule has 1 atom stereocenters. The van der Waals surface area contributed by atoms with Gasteiger partial charge in [-0.25, -0.2) is 0 Å². The Morgan fingerprint density at radius 1 is 1.06 bits per heavy atom. The van der Waals surface area contributed by atoms with Gasteiger partial charge in [-0.3, -0.25) is 4.90 Å². The molecule has 0 aromatic heterocycles. The Bertz CT molecular complexity index is 214. The molecule has 0 aliphatic carbocycles. The highest BCUT2D eigenvalue weighted by Crippen LogP contribution is 2.20. The van der Waals surface area contributed by atoms with Crippen molar-refractivity contribution >= 4 is 0 Å². The van der Waals surface area contributed by atoms with E-state index in [9.17, 15) is 0 Å². The highest BCUT2D eigenvalue weighted by Gasteiger charge is 2.27. The largest absolute Gasteiger partial charge is 0.317 e. The fraction of sp³-hybridized carbons (Fsp3) is 1.00. The van der Waals surface area contributed by atoms with Crippen LogP contribution < -0.4 is 5.32 Å². The third-order valence-electron chi connectivity index (χ3n) is 4.41. The van der Waals surface area contributed by atoms with Gasteiger partial charge < -0.3 is 10.2 Å². The molecule has 0 saturated carbocycles. The van der Waals surface area contributed by atoms with Crippen molar-refractivity contribution in [3.05, 3.63) is 0 Å². The van der Waals surface area contributed by atoms with Crippen molar-refractivity contribution in [2.75, 3.05) is 45.8 Å². The summed E-state index contributed by atoms with van der Waals surface area (Å²) in [6, 6.07) is 0.869. The van der Waals surface area contributed by atoms with Crippen LogP contribution in [0.2, 0.25) is 0 Å². The van der Waals surface area contributed by atoms with Crippen LogP contribution in [0.3, 0.4) is 0 Å². The van der Waals surface area contributed by atoms with E-state index in [4.69, 9.17) is 0 Å². The Morgan fingerprint density at radius 2 is 1.89 bits per heavy atom. The van der Waals surface area contributed by atoms with E-state index >= 15 is 0 Å². The lowest BCUT2D eigenvalue weighted by atomic mass is 10.1. The van der Waals surface area contributed by atoms with Crippen molar-refractivity contribution in [3.8, 4) is 0 Å². The number of hydrogen-bond acceptors (Lipinski definition) is 3. The summed E-state index contributed by atoms with van der Waals surface area (Å²) in [6.07, 6.45) is 8.28. The predicted molar refractivity (Wildman–Crippen MR) is 78.0 cm³/mol. The van der Waals surface area contributed by atoms with E-state index in [1.54, 1.807) is 0 Å². The molecule has 2 rings (SSSR count). The molecule has 2 saturated heterocycles. The summed E-state index contributed by atoms with van der Waals surface area (Å²) in [4.78, 5) is 5.42. The summed E-state index contributed by atoms with van der Waals surface area (Å²) in [6.45, 7) is 11.3. The van der Waals surface area contributed by atoms with Gasteiger partial charge in [0.2, 0.25) is 0 Å². The Morgan fingerprint density at radius 3 is 2.67 bits per heavy atom. The summed E-state index contributed by atoms with van der Waals surface area (Å²) < 4.78 is 0. The fourth-order valence-corrected chi connectivity index (χ4v) is 3.33. The number of nitrogens with one attached hydrogen (secondary N) is 1. The standard InChI is InChI=1S/C15H31N3/c1-2-8-16-9-6-10-17-13-7-15(14-17)18-11-4-3-5-12-18/h15-16H,2-14H2,1H3. The Balaban J connectivity index is 1.56. The van der Waals surface area contributed by atoms with Gasteiger partial charge in [0.1, 0.15) is 0 Å². The van der Waals surface area contributed by atoms with Crippen LogP contribution in [0.25, 0.3) is 0 Å². The number of likely N-dealkylation sites (tertiary alicyclic amines) is 2. The first-order chi connectivity index (χ1) is 8.90. The van der Waals surface area contributed by atoms with Gasteiger partial charge in [-0.05, 0) is 71.4 Å². The zero-order valence-corrected chi connectivity index (χ0v) is 12.2. The third-order valence-corrected chi connectivity index (χ3v) is 4.41. The first-order valence-electron chi connectivity index (χ1n) is 8.07. The first kappa shape index (κ1) is 14.3. The normalized spacial score (nSPS) is 26.8. The molecule has 0 aromatic carbocycles. The van der Waals surface area contributed by atoms with Crippen molar-refractivity contribution in [3.63, 3.8) is 0 Å². The molecular formula is C15H31N3. The van der Waals surface area contributed by atoms with Gasteiger partial charge in [0, 0.05) is 12.6 Å². The van der Waals surface area contributed by atoms with Gasteiger partial charge >= 0.3 is 0 Å². The molecule has 0 aromatic rings. The van der Waals surface area contributed by atoms with E-state index in [-0.39, 0.29) is 0 Å². The lowest BCUT2D eigenvalue weighted by molar-refractivity contribution is 0.162. The maximum absolute atomic E-state index is 3.50. The second-order valence-corrected chi connectivity index (χ2v) is 5.94. The highest BCUT2D eigenvalue weighted by molar-refractivity contribution is 4.84. The molecule has 1 unspecified atom stereocenters. The Kier molecular flexibility index (Phi) is 6.46. The number of nitrogens with zero attached hydrogens (tertiary/aromatic N) is 2. The molecule has 0 radical (unpaired) electrons. The van der Waals surface area contributed by atoms with E-state index < -0.39 is 0 Å². The number of piperidine rings is 1. The van der Waals surface area contributed by atoms with Crippen molar-refractivity contribution < 1.29 is 0 Å². The number of hydrogen-bond donors (Lipinski definition) is 1. The van der Waals surface area contributed by atoms with Gasteiger partial charge in [0.25, 0.3) is 0 Å². The van der Waals surface area contributed by atoms with E-state index in [1.807, 2.05) is 0 Å². The maximum Gasteiger partial charge on any atom is 0.0235 e. The SMILES string of the molecule is CCCNCCCN1CCC(N2CCCCC2)C1. The molecule has 3 heteroatoms. The summed E-state index contributed by atoms with van der Waals surface area (Å²) in [5.41, 5.74) is 0. The van der Waals surface area contributed by atoms with Gasteiger partial charge in [-0.1, -0.05) is 13.3 Å². The summed E-state index contributed by atoms with van der Waals surface area (Å²) in [7, 11) is 0. The average Bonchev–Trinajstić information content (AvgIpc) is 2.88. The second-order valence-electron chi connectivity index (χ2n) is 5.94. The molecule has 0 spiro atoms. The molecule has 18 heavy (non-hydrogen) atoms. The molecule has 0 bridgehead atoms. The fourth-order valence-electron chi connectivity index (χ4n) is 3.33. The van der Waals surface area contributed by atoms with Crippen molar-refractivity contribution in [1.82, 2.24) is 15.1 Å². The zero-order valence-electron chi connectivity index (χ0n) is 12.2. The minimum absolute atomic E-state index is 0.869. The molecule has 0 amide bonds. The van der Waals surface area contributed by atoms with Gasteiger partial charge in [-0.15, -0.1) is 0 Å². The van der Waals surface area contributed by atoms with Crippen molar-refractivity contribution in [2.24, 2.45) is 0 Å². The Labute approximate surface area is 113 Å². The van der Waals surface area contributed by atoms with Crippen LogP contribution in [0.1, 0.15) is 45.4 Å². The lowest BCUT2D eigenvalue weighted by Crippen LogP contribution is -2.41. The minimum atomic E-state index is 0.869. The minimum Gasteiger partial charge on any atom is -0.317 e. The third kappa shape index (κ3) is 4.52. The summed E-state index contributed by atoms with van der Waals surface area (Å²) in [5, 5.41) is 3.50. The van der Waals surface area contributed by atoms with Gasteiger partial charge in [0.15, 0.2) is 0 Å². The van der Waals surface area contributed by atoms with Crippen LogP contribution >= 0.6 is 0 Å². The number of rotatable bonds is 7. The topological polar surface area (TPSA) is 18.5 Å². The molecule has 2 fully saturated rings. The van der Waals surface area contributed by atoms with Gasteiger partial charge in [-0.2, -0.15) is 0 Å². The highest BCUT2D eigenvalue weighted by atomic mass is 15.3. The van der Waals surface area contributed by atoms with Crippen LogP contribution in [-0.2, 0) is 0 Å². The van der Waals surface area contributed by atoms with Crippen LogP contribution in [0.4, 0.5) is 0 Å². The lowest BCUT2D eigenvalue weighted by Gasteiger charge is -2.32. The van der Waals surface area contributed by atoms with Crippen LogP contribution in [0.5, 0.6) is 0 Å². The quantitative estimate of drug-likeness (QED) is 0.700. The van der Waals surface area contributed by atoms with E-state index in [0.717, 1.165) is 6.04 Å². The smallest absolute Gasteiger partial charge is 0.0235 e. The molecule has 106 valence electrons. The van der Waals surface area contributed by atoms with Gasteiger partial charge in [0.05, 0.1) is 0 Å². The monoisotopic (exact) mass is 253 g/mol. The van der Waals surface area contributed by atoms with E-state index in [0.29, 0.717) is 0 Å². The van der Waals surface area contributed by atoms with E-state index in [2.05, 4.69) is 22.0 Å². The maximum atomic E-state index is 3.50. The predicted octanol–water partition coefficient (Wildman–Crippen LogP) is 1.94. The Hall–Kier alpha value is -0.120. The molecule has 3 nitrogen and oxygen atoms in total. The molecular weight excluding hydrogens is 222 g/mol. The van der Waals surface area contributed by atoms with E-state index in [1.165, 1.54) is 84.3 Å². The average molecular weight is 253 g/mol. The molecule has 2 heterocycles.